The van der Waals surface area contributed by atoms with Gasteiger partial charge in [-0.25, -0.2) is 4.98 Å². The Labute approximate surface area is 86.2 Å². The molecule has 0 aliphatic carbocycles. The van der Waals surface area contributed by atoms with E-state index in [0.717, 1.165) is 0 Å². The summed E-state index contributed by atoms with van der Waals surface area (Å²) in [6.07, 6.45) is -3.03. The molecule has 0 saturated heterocycles. The number of rotatable bonds is 2. The summed E-state index contributed by atoms with van der Waals surface area (Å²) in [7, 11) is 0. The van der Waals surface area contributed by atoms with E-state index < -0.39 is 12.8 Å². The maximum atomic E-state index is 11.8. The average Bonchev–Trinajstić information content (AvgIpc) is 2.01. The van der Waals surface area contributed by atoms with Crippen molar-refractivity contribution in [3.63, 3.8) is 0 Å². The lowest BCUT2D eigenvalue weighted by Gasteiger charge is -2.11. The molecule has 1 heterocycles. The first kappa shape index (κ1) is 11.1. The topological polar surface area (TPSA) is 48.1 Å². The second-order valence-electron chi connectivity index (χ2n) is 2.41. The van der Waals surface area contributed by atoms with Crippen molar-refractivity contribution < 1.29 is 17.9 Å². The fraction of sp³-hybridized carbons (Fsp3) is 0.286. The molecule has 0 saturated carbocycles. The molecule has 0 aliphatic rings. The Kier molecular flexibility index (Phi) is 3.20. The molecule has 0 aliphatic heterocycles. The van der Waals surface area contributed by atoms with Gasteiger partial charge in [-0.1, -0.05) is 0 Å². The van der Waals surface area contributed by atoms with E-state index in [1.807, 2.05) is 0 Å². The van der Waals surface area contributed by atoms with Gasteiger partial charge in [-0.3, -0.25) is 0 Å². The Balaban J connectivity index is 2.77. The third-order valence-electron chi connectivity index (χ3n) is 1.26. The molecule has 14 heavy (non-hydrogen) atoms. The highest BCUT2D eigenvalue weighted by Gasteiger charge is 2.29. The molecule has 0 bridgehead atoms. The molecule has 0 spiro atoms. The van der Waals surface area contributed by atoms with Crippen LogP contribution in [0, 0.1) is 0 Å². The Morgan fingerprint density at radius 2 is 2.14 bits per heavy atom. The first-order valence-electron chi connectivity index (χ1n) is 3.49. The lowest BCUT2D eigenvalue weighted by molar-refractivity contribution is -0.153. The molecule has 1 rings (SSSR count). The smallest absolute Gasteiger partial charge is 0.422 e. The maximum absolute atomic E-state index is 11.8. The van der Waals surface area contributed by atoms with E-state index in [2.05, 4.69) is 25.7 Å². The van der Waals surface area contributed by atoms with Crippen LogP contribution in [-0.2, 0) is 0 Å². The van der Waals surface area contributed by atoms with Crippen molar-refractivity contribution >= 4 is 21.7 Å². The molecular formula is C7H6BrF3N2O. The number of pyridine rings is 1. The van der Waals surface area contributed by atoms with Gasteiger partial charge in [0, 0.05) is 6.20 Å². The predicted molar refractivity (Wildman–Crippen MR) is 47.9 cm³/mol. The molecule has 7 heteroatoms. The van der Waals surface area contributed by atoms with Crippen LogP contribution < -0.4 is 10.5 Å². The van der Waals surface area contributed by atoms with Gasteiger partial charge in [0.2, 0.25) is 0 Å². The van der Waals surface area contributed by atoms with Gasteiger partial charge in [-0.2, -0.15) is 13.2 Å². The predicted octanol–water partition coefficient (Wildman–Crippen LogP) is 2.37. The molecule has 78 valence electrons. The van der Waals surface area contributed by atoms with Crippen LogP contribution in [0.25, 0.3) is 0 Å². The van der Waals surface area contributed by atoms with Crippen LogP contribution in [0.4, 0.5) is 19.0 Å². The standard InChI is InChI=1S/C7H6BrF3N2O/c8-4-1-2-13-6(12)5(4)14-3-7(9,10)11/h1-2H,3H2,(H2,12,13). The summed E-state index contributed by atoms with van der Waals surface area (Å²) in [5.41, 5.74) is 5.32. The van der Waals surface area contributed by atoms with Crippen LogP contribution in [0.15, 0.2) is 16.7 Å². The third-order valence-corrected chi connectivity index (χ3v) is 1.89. The molecule has 0 atom stereocenters. The minimum Gasteiger partial charge on any atom is -0.479 e. The number of ether oxygens (including phenoxy) is 1. The van der Waals surface area contributed by atoms with Crippen molar-refractivity contribution in [3.8, 4) is 5.75 Å². The molecule has 0 fully saturated rings. The summed E-state index contributed by atoms with van der Waals surface area (Å²) < 4.78 is 40.2. The highest BCUT2D eigenvalue weighted by molar-refractivity contribution is 9.10. The summed E-state index contributed by atoms with van der Waals surface area (Å²) in [4.78, 5) is 3.60. The number of nitrogens with two attached hydrogens (primary N) is 1. The van der Waals surface area contributed by atoms with Crippen LogP contribution in [0.5, 0.6) is 5.75 Å². The second-order valence-corrected chi connectivity index (χ2v) is 3.27. The summed E-state index contributed by atoms with van der Waals surface area (Å²) in [6.45, 7) is -1.39. The monoisotopic (exact) mass is 270 g/mol. The fourth-order valence-corrected chi connectivity index (χ4v) is 1.17. The average molecular weight is 271 g/mol. The van der Waals surface area contributed by atoms with Crippen molar-refractivity contribution in [3.05, 3.63) is 16.7 Å². The number of aromatic nitrogens is 1. The van der Waals surface area contributed by atoms with Gasteiger partial charge in [-0.15, -0.1) is 0 Å². The second kappa shape index (κ2) is 4.04. The van der Waals surface area contributed by atoms with Gasteiger partial charge in [0.05, 0.1) is 4.47 Å². The van der Waals surface area contributed by atoms with Gasteiger partial charge in [-0.05, 0) is 22.0 Å². The van der Waals surface area contributed by atoms with Crippen molar-refractivity contribution in [1.82, 2.24) is 4.98 Å². The molecule has 0 unspecified atom stereocenters. The molecule has 0 aromatic carbocycles. The minimum absolute atomic E-state index is 0.0800. The van der Waals surface area contributed by atoms with E-state index in [1.54, 1.807) is 0 Å². The van der Waals surface area contributed by atoms with Crippen LogP contribution in [0.2, 0.25) is 0 Å². The largest absolute Gasteiger partial charge is 0.479 e. The van der Waals surface area contributed by atoms with Gasteiger partial charge < -0.3 is 10.5 Å². The summed E-state index contributed by atoms with van der Waals surface area (Å²) in [5.74, 6) is -0.173. The number of anilines is 1. The van der Waals surface area contributed by atoms with Crippen LogP contribution in [-0.4, -0.2) is 17.8 Å². The summed E-state index contributed by atoms with van der Waals surface area (Å²) in [6, 6.07) is 1.45. The SMILES string of the molecule is Nc1nccc(Br)c1OCC(F)(F)F. The Hall–Kier alpha value is -0.980. The van der Waals surface area contributed by atoms with Gasteiger partial charge in [0.1, 0.15) is 0 Å². The van der Waals surface area contributed by atoms with Crippen LogP contribution in [0.3, 0.4) is 0 Å². The van der Waals surface area contributed by atoms with Crippen LogP contribution >= 0.6 is 15.9 Å². The number of hydrogen-bond donors (Lipinski definition) is 1. The highest BCUT2D eigenvalue weighted by Crippen LogP contribution is 2.30. The number of nitrogens with zero attached hydrogens (tertiary/aromatic N) is 1. The molecule has 3 nitrogen and oxygen atoms in total. The van der Waals surface area contributed by atoms with E-state index in [9.17, 15) is 13.2 Å². The third kappa shape index (κ3) is 3.06. The molecule has 1 aromatic heterocycles. The van der Waals surface area contributed by atoms with Crippen molar-refractivity contribution in [2.45, 2.75) is 6.18 Å². The zero-order chi connectivity index (χ0) is 10.8. The molecular weight excluding hydrogens is 265 g/mol. The summed E-state index contributed by atoms with van der Waals surface area (Å²) >= 11 is 3.00. The van der Waals surface area contributed by atoms with E-state index in [4.69, 9.17) is 5.73 Å². The first-order valence-corrected chi connectivity index (χ1v) is 4.29. The van der Waals surface area contributed by atoms with Crippen LogP contribution in [0.1, 0.15) is 0 Å². The maximum Gasteiger partial charge on any atom is 0.422 e. The Morgan fingerprint density at radius 3 is 2.64 bits per heavy atom. The number of nitrogen functional groups attached to an aromatic ring is 1. The van der Waals surface area contributed by atoms with Gasteiger partial charge in [0.15, 0.2) is 18.2 Å². The number of alkyl halides is 3. The first-order chi connectivity index (χ1) is 6.40. The summed E-state index contributed by atoms with van der Waals surface area (Å²) in [5, 5.41) is 0. The lowest BCUT2D eigenvalue weighted by Crippen LogP contribution is -2.20. The zero-order valence-electron chi connectivity index (χ0n) is 6.81. The molecule has 0 radical (unpaired) electrons. The van der Waals surface area contributed by atoms with Crippen molar-refractivity contribution in [2.75, 3.05) is 12.3 Å². The molecule has 1 aromatic rings. The number of hydrogen-bond acceptors (Lipinski definition) is 3. The van der Waals surface area contributed by atoms with E-state index in [1.165, 1.54) is 12.3 Å². The quantitative estimate of drug-likeness (QED) is 0.898. The van der Waals surface area contributed by atoms with Crippen molar-refractivity contribution in [2.24, 2.45) is 0 Å². The van der Waals surface area contributed by atoms with Crippen molar-refractivity contribution in [1.29, 1.82) is 0 Å². The molecule has 0 amide bonds. The normalized spacial score (nSPS) is 11.4. The Morgan fingerprint density at radius 1 is 1.50 bits per heavy atom. The minimum atomic E-state index is -4.39. The van der Waals surface area contributed by atoms with Gasteiger partial charge in [0.25, 0.3) is 0 Å². The Bertz CT molecular complexity index is 309. The highest BCUT2D eigenvalue weighted by atomic mass is 79.9. The molecule has 2 N–H and O–H groups in total. The zero-order valence-corrected chi connectivity index (χ0v) is 8.39. The number of halogens is 4. The van der Waals surface area contributed by atoms with E-state index in [0.29, 0.717) is 4.47 Å². The van der Waals surface area contributed by atoms with Gasteiger partial charge >= 0.3 is 6.18 Å². The fourth-order valence-electron chi connectivity index (χ4n) is 0.737. The van der Waals surface area contributed by atoms with E-state index >= 15 is 0 Å². The van der Waals surface area contributed by atoms with E-state index in [-0.39, 0.29) is 11.6 Å². The lowest BCUT2D eigenvalue weighted by atomic mass is 10.4.